The van der Waals surface area contributed by atoms with Gasteiger partial charge in [-0.1, -0.05) is 0 Å². The van der Waals surface area contributed by atoms with Crippen molar-refractivity contribution < 1.29 is 4.79 Å². The number of carbonyl (C=O) groups is 1. The summed E-state index contributed by atoms with van der Waals surface area (Å²) in [5.41, 5.74) is 7.91. The van der Waals surface area contributed by atoms with E-state index in [-0.39, 0.29) is 12.2 Å². The Labute approximate surface area is 60.5 Å². The monoisotopic (exact) mass is 146 g/mol. The fourth-order valence-corrected chi connectivity index (χ4v) is 0.318. The Bertz CT molecular complexity index is 114. The van der Waals surface area contributed by atoms with Gasteiger partial charge >= 0.3 is 6.03 Å². The molecule has 0 saturated carbocycles. The minimum absolute atomic E-state index is 0.183. The van der Waals surface area contributed by atoms with E-state index in [1.54, 1.807) is 21.0 Å². The van der Waals surface area contributed by atoms with Crippen molar-refractivity contribution in [2.75, 3.05) is 14.1 Å². The van der Waals surface area contributed by atoms with Crippen molar-refractivity contribution in [1.29, 1.82) is 0 Å². The average molecular weight is 146 g/mol. The highest BCUT2D eigenvalue weighted by Crippen LogP contribution is 1.79. The number of hydrogen-bond donors (Lipinski definition) is 3. The Morgan fingerprint density at radius 1 is 1.70 bits per heavy atom. The number of hydrogen-bond acceptors (Lipinski definition) is 3. The number of carbonyl (C=O) groups excluding carboxylic acids is 1. The summed E-state index contributed by atoms with van der Waals surface area (Å²) in [7, 11) is 3.24. The van der Waals surface area contributed by atoms with Crippen LogP contribution in [0.3, 0.4) is 0 Å². The van der Waals surface area contributed by atoms with Gasteiger partial charge in [0.05, 0.1) is 6.17 Å². The second-order valence-corrected chi connectivity index (χ2v) is 2.04. The summed E-state index contributed by atoms with van der Waals surface area (Å²) in [5, 5.41) is 3.92. The largest absolute Gasteiger partial charge is 0.340 e. The molecule has 4 N–H and O–H groups in total. The van der Waals surface area contributed by atoms with Crippen LogP contribution in [0.4, 0.5) is 4.79 Å². The molecule has 0 radical (unpaired) electrons. The Balaban J connectivity index is 3.57. The zero-order chi connectivity index (χ0) is 8.15. The van der Waals surface area contributed by atoms with Crippen molar-refractivity contribution in [3.05, 3.63) is 0 Å². The predicted molar refractivity (Wildman–Crippen MR) is 39.0 cm³/mol. The lowest BCUT2D eigenvalue weighted by atomic mass is 10.6. The molecule has 0 bridgehead atoms. The van der Waals surface area contributed by atoms with Crippen LogP contribution in [0.1, 0.15) is 6.92 Å². The normalized spacial score (nSPS) is 12.9. The van der Waals surface area contributed by atoms with Crippen molar-refractivity contribution in [1.82, 2.24) is 15.8 Å². The Hall–Kier alpha value is -0.810. The Morgan fingerprint density at radius 3 is 2.50 bits per heavy atom. The maximum Gasteiger partial charge on any atom is 0.329 e. The second-order valence-electron chi connectivity index (χ2n) is 2.04. The van der Waals surface area contributed by atoms with Gasteiger partial charge in [0.2, 0.25) is 0 Å². The third-order valence-corrected chi connectivity index (χ3v) is 1.12. The molecule has 10 heavy (non-hydrogen) atoms. The van der Waals surface area contributed by atoms with Crippen LogP contribution in [0.25, 0.3) is 0 Å². The maximum atomic E-state index is 10.6. The van der Waals surface area contributed by atoms with Crippen molar-refractivity contribution in [2.45, 2.75) is 13.1 Å². The van der Waals surface area contributed by atoms with Gasteiger partial charge in [-0.2, -0.15) is 0 Å². The first-order valence-corrected chi connectivity index (χ1v) is 3.04. The first-order valence-electron chi connectivity index (χ1n) is 3.04. The molecule has 0 aromatic rings. The maximum absolute atomic E-state index is 10.6. The van der Waals surface area contributed by atoms with E-state index in [9.17, 15) is 4.79 Å². The molecule has 5 heteroatoms. The molecule has 0 fully saturated rings. The van der Waals surface area contributed by atoms with E-state index >= 15 is 0 Å². The van der Waals surface area contributed by atoms with Crippen LogP contribution in [0.15, 0.2) is 0 Å². The summed E-state index contributed by atoms with van der Waals surface area (Å²) in [6, 6.07) is -0.264. The third kappa shape index (κ3) is 3.26. The molecule has 0 aliphatic carbocycles. The highest BCUT2D eigenvalue weighted by atomic mass is 16.2. The fraction of sp³-hybridized carbons (Fsp3) is 0.800. The number of nitrogens with one attached hydrogen (secondary N) is 2. The molecule has 0 aliphatic heterocycles. The summed E-state index contributed by atoms with van der Waals surface area (Å²) in [6.07, 6.45) is -0.183. The first-order chi connectivity index (χ1) is 4.57. The van der Waals surface area contributed by atoms with Crippen LogP contribution >= 0.6 is 0 Å². The number of nitrogens with zero attached hydrogens (tertiary/aromatic N) is 1. The number of hydrazine groups is 1. The molecule has 0 saturated heterocycles. The molecule has 5 nitrogen and oxygen atoms in total. The zero-order valence-electron chi connectivity index (χ0n) is 6.51. The summed E-state index contributed by atoms with van der Waals surface area (Å²) in [5.74, 6) is 0. The molecule has 0 heterocycles. The van der Waals surface area contributed by atoms with Gasteiger partial charge < -0.3 is 11.1 Å². The molecule has 0 spiro atoms. The van der Waals surface area contributed by atoms with Crippen LogP contribution in [0.5, 0.6) is 0 Å². The Kier molecular flexibility index (Phi) is 3.75. The van der Waals surface area contributed by atoms with Crippen molar-refractivity contribution in [2.24, 2.45) is 5.73 Å². The lowest BCUT2D eigenvalue weighted by Crippen LogP contribution is -2.51. The number of urea groups is 1. The molecule has 2 amide bonds. The second kappa shape index (κ2) is 4.08. The van der Waals surface area contributed by atoms with Crippen molar-refractivity contribution in [3.8, 4) is 0 Å². The number of amides is 2. The highest BCUT2D eigenvalue weighted by Gasteiger charge is 2.04. The fourth-order valence-electron chi connectivity index (χ4n) is 0.318. The van der Waals surface area contributed by atoms with E-state index in [1.165, 1.54) is 5.01 Å². The molecular weight excluding hydrogens is 132 g/mol. The van der Waals surface area contributed by atoms with Gasteiger partial charge in [-0.05, 0) is 6.92 Å². The number of rotatable bonds is 2. The van der Waals surface area contributed by atoms with E-state index in [0.717, 1.165) is 0 Å². The van der Waals surface area contributed by atoms with Gasteiger partial charge in [-0.25, -0.2) is 9.80 Å². The topological polar surface area (TPSA) is 70.4 Å². The smallest absolute Gasteiger partial charge is 0.329 e. The van der Waals surface area contributed by atoms with E-state index in [2.05, 4.69) is 10.7 Å². The van der Waals surface area contributed by atoms with Crippen LogP contribution in [0, 0.1) is 0 Å². The first kappa shape index (κ1) is 9.19. The van der Waals surface area contributed by atoms with Gasteiger partial charge in [-0.15, -0.1) is 0 Å². The van der Waals surface area contributed by atoms with E-state index in [1.807, 2.05) is 0 Å². The summed E-state index contributed by atoms with van der Waals surface area (Å²) >= 11 is 0. The molecule has 0 aromatic carbocycles. The quantitative estimate of drug-likeness (QED) is 0.348. The molecule has 0 rings (SSSR count). The van der Waals surface area contributed by atoms with Gasteiger partial charge in [0.1, 0.15) is 0 Å². The van der Waals surface area contributed by atoms with Crippen LogP contribution < -0.4 is 16.5 Å². The van der Waals surface area contributed by atoms with E-state index < -0.39 is 0 Å². The summed E-state index contributed by atoms with van der Waals surface area (Å²) in [4.78, 5) is 10.6. The lowest BCUT2D eigenvalue weighted by Gasteiger charge is -2.20. The van der Waals surface area contributed by atoms with Gasteiger partial charge in [-0.3, -0.25) is 5.43 Å². The summed E-state index contributed by atoms with van der Waals surface area (Å²) < 4.78 is 0. The van der Waals surface area contributed by atoms with Gasteiger partial charge in [0.15, 0.2) is 0 Å². The Morgan fingerprint density at radius 2 is 2.20 bits per heavy atom. The van der Waals surface area contributed by atoms with E-state index in [0.29, 0.717) is 0 Å². The molecule has 0 aromatic heterocycles. The standard InChI is InChI=1S/C5H14N4O/c1-4(6)9(3)8-5(10)7-2/h4H,6H2,1-3H3,(H2,7,8,10). The molecule has 0 aliphatic rings. The average Bonchev–Trinajstić information content (AvgIpc) is 1.87. The number of nitrogens with two attached hydrogens (primary N) is 1. The van der Waals surface area contributed by atoms with Crippen LogP contribution in [-0.4, -0.2) is 31.3 Å². The van der Waals surface area contributed by atoms with Crippen LogP contribution in [0.2, 0.25) is 0 Å². The summed E-state index contributed by atoms with van der Waals surface area (Å²) in [6.45, 7) is 1.77. The molecular formula is C5H14N4O. The highest BCUT2D eigenvalue weighted by molar-refractivity contribution is 5.72. The minimum Gasteiger partial charge on any atom is -0.340 e. The zero-order valence-corrected chi connectivity index (χ0v) is 6.51. The molecule has 1 unspecified atom stereocenters. The SMILES string of the molecule is CNC(=O)NN(C)C(C)N. The van der Waals surface area contributed by atoms with E-state index in [4.69, 9.17) is 5.73 Å². The minimum atomic E-state index is -0.264. The third-order valence-electron chi connectivity index (χ3n) is 1.12. The molecule has 60 valence electrons. The van der Waals surface area contributed by atoms with Crippen molar-refractivity contribution >= 4 is 6.03 Å². The van der Waals surface area contributed by atoms with Crippen LogP contribution in [-0.2, 0) is 0 Å². The van der Waals surface area contributed by atoms with Gasteiger partial charge in [0.25, 0.3) is 0 Å². The predicted octanol–water partition coefficient (Wildman–Crippen LogP) is -0.933. The van der Waals surface area contributed by atoms with Gasteiger partial charge in [0, 0.05) is 14.1 Å². The van der Waals surface area contributed by atoms with Crippen molar-refractivity contribution in [3.63, 3.8) is 0 Å². The lowest BCUT2D eigenvalue weighted by molar-refractivity contribution is 0.172. The molecule has 1 atom stereocenters.